The van der Waals surface area contributed by atoms with Crippen LogP contribution in [0.15, 0.2) is 36.5 Å². The predicted molar refractivity (Wildman–Crippen MR) is 186 cm³/mol. The number of anilines is 1. The van der Waals surface area contributed by atoms with E-state index in [9.17, 15) is 13.6 Å². The van der Waals surface area contributed by atoms with Gasteiger partial charge in [0.25, 0.3) is 0 Å². The van der Waals surface area contributed by atoms with Crippen LogP contribution in [0.3, 0.4) is 0 Å². The minimum absolute atomic E-state index is 0.0135. The average Bonchev–Trinajstić information content (AvgIpc) is 3.74. The Balaban J connectivity index is 1.31. The topological polar surface area (TPSA) is 83.9 Å². The number of nitrogens with zero attached hydrogens (tertiary/aromatic N) is 6. The quantitative estimate of drug-likeness (QED) is 0.203. The minimum atomic E-state index is -0.945. The third-order valence-corrected chi connectivity index (χ3v) is 10.3. The zero-order valence-corrected chi connectivity index (χ0v) is 29.0. The number of carbonyl (C=O) groups is 1. The van der Waals surface area contributed by atoms with Crippen LogP contribution in [0.2, 0.25) is 0 Å². The van der Waals surface area contributed by atoms with Crippen LogP contribution in [-0.2, 0) is 4.74 Å². The Kier molecular flexibility index (Phi) is 8.53. The first kappa shape index (κ1) is 33.8. The summed E-state index contributed by atoms with van der Waals surface area (Å²) in [5.74, 6) is 1.45. The number of amides is 1. The van der Waals surface area contributed by atoms with Gasteiger partial charge in [0.1, 0.15) is 41.2 Å². The summed E-state index contributed by atoms with van der Waals surface area (Å²) in [6, 6.07) is 7.67. The first-order chi connectivity index (χ1) is 23.8. The number of carbonyl (C=O) groups excluding carboxylic acids is 1. The minimum Gasteiger partial charge on any atom is -0.461 e. The number of terminal acetylenes is 1. The molecule has 0 unspecified atom stereocenters. The molecule has 12 heteroatoms. The van der Waals surface area contributed by atoms with E-state index in [0.717, 1.165) is 19.4 Å². The van der Waals surface area contributed by atoms with Crippen molar-refractivity contribution in [3.63, 3.8) is 0 Å². The van der Waals surface area contributed by atoms with E-state index in [2.05, 4.69) is 20.8 Å². The van der Waals surface area contributed by atoms with Gasteiger partial charge in [-0.15, -0.1) is 6.42 Å². The molecule has 262 valence electrons. The fourth-order valence-corrected chi connectivity index (χ4v) is 7.91. The van der Waals surface area contributed by atoms with Gasteiger partial charge in [-0.3, -0.25) is 9.88 Å². The monoisotopic (exact) mass is 686 g/mol. The van der Waals surface area contributed by atoms with Crippen molar-refractivity contribution in [2.75, 3.05) is 38.2 Å². The van der Waals surface area contributed by atoms with E-state index in [1.54, 1.807) is 29.2 Å². The molecular weight excluding hydrogens is 645 g/mol. The lowest BCUT2D eigenvalue weighted by Gasteiger charge is -2.31. The number of rotatable bonds is 6. The molecule has 2 aromatic carbocycles. The van der Waals surface area contributed by atoms with Crippen molar-refractivity contribution >= 4 is 33.6 Å². The summed E-state index contributed by atoms with van der Waals surface area (Å²) < 4.78 is 58.3. The van der Waals surface area contributed by atoms with E-state index >= 15 is 4.39 Å². The molecule has 2 aromatic heterocycles. The standard InChI is InChI=1S/C38H41F3N6O3/c1-7-26-29(40)13-12-23-10-8-11-27(30(23)26)32-31(41)33-28(18-42-32)34(45(6)25-16-22(2)47(20-25)36(48)50-37(3,4)5)44-35(43-33)49-21-38-14-9-15-46(38)19-24(39)17-38/h1,8,10-13,18,22,24-25H,9,14-17,19-21H2,2-6H3/t22-,24-,25-,38+/m1/s1. The third-order valence-electron chi connectivity index (χ3n) is 10.3. The Bertz CT molecular complexity index is 2030. The number of likely N-dealkylation sites (N-methyl/N-ethyl adjacent to an activating group) is 1. The van der Waals surface area contributed by atoms with Gasteiger partial charge in [0.15, 0.2) is 5.82 Å². The maximum absolute atomic E-state index is 16.9. The summed E-state index contributed by atoms with van der Waals surface area (Å²) >= 11 is 0. The molecule has 4 aromatic rings. The molecule has 1 amide bonds. The number of hydrogen-bond acceptors (Lipinski definition) is 8. The SMILES string of the molecule is C#Cc1c(F)ccc2cccc(-c3ncc4c(N(C)[C@@H]5C[C@@H](C)N(C(=O)OC(C)(C)C)C5)nc(OC[C@@]56CCCN5C[C@H](F)C6)nc4c3F)c12. The van der Waals surface area contributed by atoms with Gasteiger partial charge in [0.05, 0.1) is 16.5 Å². The molecule has 3 aliphatic rings. The Morgan fingerprint density at radius 3 is 2.74 bits per heavy atom. The smallest absolute Gasteiger partial charge is 0.410 e. The van der Waals surface area contributed by atoms with Gasteiger partial charge in [-0.1, -0.05) is 30.2 Å². The van der Waals surface area contributed by atoms with Gasteiger partial charge in [0, 0.05) is 55.8 Å². The van der Waals surface area contributed by atoms with Crippen molar-refractivity contribution < 1.29 is 27.4 Å². The molecule has 0 spiro atoms. The van der Waals surface area contributed by atoms with Crippen molar-refractivity contribution in [2.24, 2.45) is 0 Å². The van der Waals surface area contributed by atoms with Crippen LogP contribution < -0.4 is 9.64 Å². The number of benzene rings is 2. The van der Waals surface area contributed by atoms with Gasteiger partial charge in [-0.2, -0.15) is 9.97 Å². The highest BCUT2D eigenvalue weighted by Gasteiger charge is 2.49. The Hall–Kier alpha value is -4.63. The summed E-state index contributed by atoms with van der Waals surface area (Å²) in [6.45, 7) is 9.10. The Morgan fingerprint density at radius 2 is 1.98 bits per heavy atom. The maximum Gasteiger partial charge on any atom is 0.410 e. The summed E-state index contributed by atoms with van der Waals surface area (Å²) in [5, 5.41) is 1.34. The lowest BCUT2D eigenvalue weighted by Crippen LogP contribution is -2.43. The van der Waals surface area contributed by atoms with E-state index in [1.807, 2.05) is 39.6 Å². The number of ether oxygens (including phenoxy) is 2. The molecule has 50 heavy (non-hydrogen) atoms. The van der Waals surface area contributed by atoms with Crippen molar-refractivity contribution in [2.45, 2.75) is 82.8 Å². The molecule has 5 heterocycles. The molecule has 0 radical (unpaired) electrons. The molecule has 3 fully saturated rings. The fraction of sp³-hybridized carbons (Fsp3) is 0.474. The van der Waals surface area contributed by atoms with E-state index < -0.39 is 35.0 Å². The predicted octanol–water partition coefficient (Wildman–Crippen LogP) is 6.89. The van der Waals surface area contributed by atoms with Crippen molar-refractivity contribution in [1.82, 2.24) is 24.8 Å². The molecular formula is C38H41F3N6O3. The van der Waals surface area contributed by atoms with Crippen LogP contribution in [-0.4, -0.2) is 93.5 Å². The van der Waals surface area contributed by atoms with Gasteiger partial charge in [-0.05, 0) is 65.0 Å². The van der Waals surface area contributed by atoms with E-state index in [-0.39, 0.29) is 41.5 Å². The summed E-state index contributed by atoms with van der Waals surface area (Å²) in [7, 11) is 1.84. The third kappa shape index (κ3) is 5.95. The maximum atomic E-state index is 16.9. The van der Waals surface area contributed by atoms with Crippen molar-refractivity contribution in [3.05, 3.63) is 53.7 Å². The van der Waals surface area contributed by atoms with E-state index in [4.69, 9.17) is 20.9 Å². The summed E-state index contributed by atoms with van der Waals surface area (Å²) in [6.07, 6.45) is 8.55. The van der Waals surface area contributed by atoms with Gasteiger partial charge >= 0.3 is 12.1 Å². The summed E-state index contributed by atoms with van der Waals surface area (Å²) in [4.78, 5) is 32.7. The Labute approximate surface area is 289 Å². The lowest BCUT2D eigenvalue weighted by atomic mass is 9.95. The van der Waals surface area contributed by atoms with Gasteiger partial charge in [0.2, 0.25) is 0 Å². The number of likely N-dealkylation sites (tertiary alicyclic amines) is 1. The van der Waals surface area contributed by atoms with Crippen LogP contribution in [0, 0.1) is 24.0 Å². The molecule has 0 saturated carbocycles. The number of alkyl halides is 1. The molecule has 3 saturated heterocycles. The molecule has 3 aliphatic heterocycles. The number of hydrogen-bond donors (Lipinski definition) is 0. The molecule has 9 nitrogen and oxygen atoms in total. The molecule has 0 bridgehead atoms. The molecule has 4 atom stereocenters. The highest BCUT2D eigenvalue weighted by Crippen LogP contribution is 2.41. The first-order valence-corrected chi connectivity index (χ1v) is 17.1. The van der Waals surface area contributed by atoms with Gasteiger partial charge in [-0.25, -0.2) is 18.0 Å². The zero-order chi connectivity index (χ0) is 35.5. The number of aromatic nitrogens is 3. The first-order valence-electron chi connectivity index (χ1n) is 17.1. The van der Waals surface area contributed by atoms with Crippen LogP contribution in [0.4, 0.5) is 23.8 Å². The highest BCUT2D eigenvalue weighted by molar-refractivity contribution is 6.02. The fourth-order valence-electron chi connectivity index (χ4n) is 7.91. The average molecular weight is 687 g/mol. The lowest BCUT2D eigenvalue weighted by molar-refractivity contribution is 0.0237. The number of fused-ring (bicyclic) bond motifs is 3. The van der Waals surface area contributed by atoms with Crippen LogP contribution >= 0.6 is 0 Å². The zero-order valence-electron chi connectivity index (χ0n) is 29.0. The highest BCUT2D eigenvalue weighted by atomic mass is 19.1. The normalized spacial score (nSPS) is 23.7. The second-order valence-corrected chi connectivity index (χ2v) is 14.8. The summed E-state index contributed by atoms with van der Waals surface area (Å²) in [5.41, 5.74) is -0.875. The van der Waals surface area contributed by atoms with Crippen LogP contribution in [0.1, 0.15) is 58.9 Å². The molecule has 0 N–H and O–H groups in total. The van der Waals surface area contributed by atoms with E-state index in [0.29, 0.717) is 53.5 Å². The number of halogens is 3. The van der Waals surface area contributed by atoms with E-state index in [1.165, 1.54) is 12.3 Å². The second-order valence-electron chi connectivity index (χ2n) is 14.8. The Morgan fingerprint density at radius 1 is 1.18 bits per heavy atom. The second kappa shape index (κ2) is 12.6. The van der Waals surface area contributed by atoms with Gasteiger partial charge < -0.3 is 19.3 Å². The molecule has 7 rings (SSSR count). The van der Waals surface area contributed by atoms with Crippen LogP contribution in [0.25, 0.3) is 32.9 Å². The van der Waals surface area contributed by atoms with Crippen LogP contribution in [0.5, 0.6) is 6.01 Å². The van der Waals surface area contributed by atoms with Crippen molar-refractivity contribution in [1.29, 1.82) is 0 Å². The number of pyridine rings is 1. The largest absolute Gasteiger partial charge is 0.461 e. The van der Waals surface area contributed by atoms with Crippen molar-refractivity contribution in [3.8, 4) is 29.6 Å². The molecule has 0 aliphatic carbocycles.